The zero-order valence-corrected chi connectivity index (χ0v) is 12.9. The smallest absolute Gasteiger partial charge is 0.0594 e. The van der Waals surface area contributed by atoms with Crippen LogP contribution in [-0.4, -0.2) is 55.2 Å². The third kappa shape index (κ3) is 2.96. The first-order chi connectivity index (χ1) is 8.83. The van der Waals surface area contributed by atoms with Crippen molar-refractivity contribution in [3.63, 3.8) is 0 Å². The summed E-state index contributed by atoms with van der Waals surface area (Å²) in [5.74, 6) is 0. The van der Waals surface area contributed by atoms with Gasteiger partial charge in [-0.3, -0.25) is 9.80 Å². The third-order valence-electron chi connectivity index (χ3n) is 3.87. The van der Waals surface area contributed by atoms with Gasteiger partial charge in [0.05, 0.1) is 13.2 Å². The van der Waals surface area contributed by atoms with Crippen molar-refractivity contribution in [3.05, 3.63) is 20.8 Å². The molecule has 1 unspecified atom stereocenters. The fourth-order valence-electron chi connectivity index (χ4n) is 2.84. The highest BCUT2D eigenvalue weighted by Gasteiger charge is 2.28. The van der Waals surface area contributed by atoms with Gasteiger partial charge < -0.3 is 4.74 Å². The number of ether oxygens (including phenoxy) is 1. The first-order valence-electron chi connectivity index (χ1n) is 6.59. The molecule has 5 heteroatoms. The van der Waals surface area contributed by atoms with Gasteiger partial charge in [-0.2, -0.15) is 0 Å². The molecule has 3 heterocycles. The van der Waals surface area contributed by atoms with Crippen LogP contribution in [0.25, 0.3) is 0 Å². The van der Waals surface area contributed by atoms with E-state index in [1.807, 2.05) is 11.3 Å². The van der Waals surface area contributed by atoms with E-state index in [1.165, 1.54) is 28.9 Å². The Balaban J connectivity index is 1.53. The van der Waals surface area contributed by atoms with Crippen molar-refractivity contribution in [1.82, 2.24) is 9.80 Å². The van der Waals surface area contributed by atoms with Crippen LogP contribution in [0.5, 0.6) is 0 Å². The molecular weight excluding hydrogens is 312 g/mol. The first kappa shape index (κ1) is 13.1. The van der Waals surface area contributed by atoms with Gasteiger partial charge in [-0.1, -0.05) is 0 Å². The lowest BCUT2D eigenvalue weighted by Crippen LogP contribution is -2.44. The zero-order valence-electron chi connectivity index (χ0n) is 10.5. The Labute approximate surface area is 121 Å². The Morgan fingerprint density at radius 2 is 2.17 bits per heavy atom. The van der Waals surface area contributed by atoms with E-state index in [0.29, 0.717) is 0 Å². The minimum atomic E-state index is 0.743. The molecule has 2 aliphatic rings. The van der Waals surface area contributed by atoms with Crippen LogP contribution in [0.15, 0.2) is 15.9 Å². The molecule has 2 fully saturated rings. The molecule has 18 heavy (non-hydrogen) atoms. The number of rotatable bonds is 3. The van der Waals surface area contributed by atoms with Crippen LogP contribution in [0.3, 0.4) is 0 Å². The van der Waals surface area contributed by atoms with Crippen molar-refractivity contribution < 1.29 is 4.74 Å². The fourth-order valence-corrected chi connectivity index (χ4v) is 4.36. The molecule has 2 aliphatic heterocycles. The summed E-state index contributed by atoms with van der Waals surface area (Å²) in [7, 11) is 0. The molecule has 0 aliphatic carbocycles. The average molecular weight is 331 g/mol. The standard InChI is InChI=1S/C13H19BrN2OS/c14-12-2-8-18-13(12)10-15-3-1-11(9-15)16-4-6-17-7-5-16/h2,8,11H,1,3-7,9-10H2. The van der Waals surface area contributed by atoms with Crippen molar-refractivity contribution in [3.8, 4) is 0 Å². The van der Waals surface area contributed by atoms with E-state index in [4.69, 9.17) is 4.74 Å². The molecule has 3 rings (SSSR count). The molecule has 1 atom stereocenters. The van der Waals surface area contributed by atoms with Gasteiger partial charge in [-0.25, -0.2) is 0 Å². The Hall–Kier alpha value is 0.0600. The van der Waals surface area contributed by atoms with E-state index in [0.717, 1.165) is 38.9 Å². The average Bonchev–Trinajstić information content (AvgIpc) is 3.02. The van der Waals surface area contributed by atoms with E-state index in [9.17, 15) is 0 Å². The molecule has 0 amide bonds. The van der Waals surface area contributed by atoms with Crippen molar-refractivity contribution >= 4 is 27.3 Å². The predicted molar refractivity (Wildman–Crippen MR) is 78.1 cm³/mol. The van der Waals surface area contributed by atoms with Gasteiger partial charge in [0.2, 0.25) is 0 Å². The Morgan fingerprint density at radius 3 is 2.89 bits per heavy atom. The predicted octanol–water partition coefficient (Wildman–Crippen LogP) is 2.42. The van der Waals surface area contributed by atoms with Gasteiger partial charge in [-0.05, 0) is 33.8 Å². The SMILES string of the molecule is Brc1ccsc1CN1CCC(N2CCOCC2)C1. The summed E-state index contributed by atoms with van der Waals surface area (Å²) in [5, 5.41) is 2.16. The summed E-state index contributed by atoms with van der Waals surface area (Å²) in [6.45, 7) is 7.58. The van der Waals surface area contributed by atoms with Gasteiger partial charge in [0.15, 0.2) is 0 Å². The van der Waals surface area contributed by atoms with Gasteiger partial charge in [0.1, 0.15) is 0 Å². The highest BCUT2D eigenvalue weighted by Crippen LogP contribution is 2.26. The minimum Gasteiger partial charge on any atom is -0.379 e. The van der Waals surface area contributed by atoms with Crippen molar-refractivity contribution in [1.29, 1.82) is 0 Å². The number of halogens is 1. The van der Waals surface area contributed by atoms with Crippen molar-refractivity contribution in [2.24, 2.45) is 0 Å². The van der Waals surface area contributed by atoms with Crippen LogP contribution in [-0.2, 0) is 11.3 Å². The van der Waals surface area contributed by atoms with Crippen molar-refractivity contribution in [2.75, 3.05) is 39.4 Å². The molecular formula is C13H19BrN2OS. The van der Waals surface area contributed by atoms with E-state index in [1.54, 1.807) is 0 Å². The number of thiophene rings is 1. The highest BCUT2D eigenvalue weighted by atomic mass is 79.9. The molecule has 2 saturated heterocycles. The lowest BCUT2D eigenvalue weighted by atomic mass is 10.2. The molecule has 100 valence electrons. The van der Waals surface area contributed by atoms with Gasteiger partial charge >= 0.3 is 0 Å². The van der Waals surface area contributed by atoms with E-state index in [2.05, 4.69) is 37.2 Å². The molecule has 0 bridgehead atoms. The van der Waals surface area contributed by atoms with E-state index in [-0.39, 0.29) is 0 Å². The van der Waals surface area contributed by atoms with Crippen LogP contribution >= 0.6 is 27.3 Å². The molecule has 3 nitrogen and oxygen atoms in total. The Morgan fingerprint density at radius 1 is 1.33 bits per heavy atom. The first-order valence-corrected chi connectivity index (χ1v) is 8.26. The number of likely N-dealkylation sites (tertiary alicyclic amines) is 1. The second-order valence-corrected chi connectivity index (χ2v) is 6.87. The topological polar surface area (TPSA) is 15.7 Å². The van der Waals surface area contributed by atoms with Crippen LogP contribution in [0.1, 0.15) is 11.3 Å². The maximum atomic E-state index is 5.43. The summed E-state index contributed by atoms with van der Waals surface area (Å²) in [5.41, 5.74) is 0. The minimum absolute atomic E-state index is 0.743. The van der Waals surface area contributed by atoms with Crippen molar-refractivity contribution in [2.45, 2.75) is 19.0 Å². The second-order valence-electron chi connectivity index (χ2n) is 5.02. The van der Waals surface area contributed by atoms with Crippen LogP contribution in [0, 0.1) is 0 Å². The number of nitrogens with zero attached hydrogens (tertiary/aromatic N) is 2. The highest BCUT2D eigenvalue weighted by molar-refractivity contribution is 9.10. The largest absolute Gasteiger partial charge is 0.379 e. The monoisotopic (exact) mass is 330 g/mol. The van der Waals surface area contributed by atoms with Crippen LogP contribution in [0.2, 0.25) is 0 Å². The summed E-state index contributed by atoms with van der Waals surface area (Å²) >= 11 is 5.47. The molecule has 0 aromatic carbocycles. The molecule has 0 N–H and O–H groups in total. The van der Waals surface area contributed by atoms with Gasteiger partial charge in [0, 0.05) is 48.1 Å². The van der Waals surface area contributed by atoms with Crippen LogP contribution < -0.4 is 0 Å². The van der Waals surface area contributed by atoms with E-state index >= 15 is 0 Å². The maximum absolute atomic E-state index is 5.43. The summed E-state index contributed by atoms with van der Waals surface area (Å²) in [4.78, 5) is 6.64. The maximum Gasteiger partial charge on any atom is 0.0594 e. The molecule has 0 spiro atoms. The lowest BCUT2D eigenvalue weighted by molar-refractivity contribution is 0.0184. The molecule has 0 saturated carbocycles. The lowest BCUT2D eigenvalue weighted by Gasteiger charge is -2.32. The van der Waals surface area contributed by atoms with Gasteiger partial charge in [-0.15, -0.1) is 11.3 Å². The Bertz CT molecular complexity index is 392. The number of hydrogen-bond donors (Lipinski definition) is 0. The normalized spacial score (nSPS) is 26.8. The molecule has 1 aromatic heterocycles. The third-order valence-corrected chi connectivity index (χ3v) is 5.78. The van der Waals surface area contributed by atoms with Gasteiger partial charge in [0.25, 0.3) is 0 Å². The summed E-state index contributed by atoms with van der Waals surface area (Å²) in [6.07, 6.45) is 1.31. The van der Waals surface area contributed by atoms with E-state index < -0.39 is 0 Å². The summed E-state index contributed by atoms with van der Waals surface area (Å²) in [6, 6.07) is 2.89. The van der Waals surface area contributed by atoms with Crippen LogP contribution in [0.4, 0.5) is 0 Å². The zero-order chi connectivity index (χ0) is 12.4. The Kier molecular flexibility index (Phi) is 4.36. The fraction of sp³-hybridized carbons (Fsp3) is 0.692. The quantitative estimate of drug-likeness (QED) is 0.846. The molecule has 0 radical (unpaired) electrons. The second kappa shape index (κ2) is 6.01. The number of morpholine rings is 1. The summed E-state index contributed by atoms with van der Waals surface area (Å²) < 4.78 is 6.69. The molecule has 1 aromatic rings. The number of hydrogen-bond acceptors (Lipinski definition) is 4.